The van der Waals surface area contributed by atoms with Crippen LogP contribution >= 0.6 is 11.6 Å². The Morgan fingerprint density at radius 1 is 1.38 bits per heavy atom. The van der Waals surface area contributed by atoms with Crippen molar-refractivity contribution in [2.24, 2.45) is 5.92 Å². The number of sulfone groups is 1. The Kier molecular flexibility index (Phi) is 5.70. The molecule has 2 heterocycles. The van der Waals surface area contributed by atoms with Gasteiger partial charge in [0.2, 0.25) is 15.0 Å². The smallest absolute Gasteiger partial charge is 0.410 e. The molecule has 9 heteroatoms. The highest BCUT2D eigenvalue weighted by Crippen LogP contribution is 2.22. The van der Waals surface area contributed by atoms with Crippen LogP contribution in [0, 0.1) is 5.92 Å². The first kappa shape index (κ1) is 18.9. The maximum absolute atomic E-state index is 12.4. The van der Waals surface area contributed by atoms with Gasteiger partial charge >= 0.3 is 6.09 Å². The molecule has 0 radical (unpaired) electrons. The van der Waals surface area contributed by atoms with E-state index in [9.17, 15) is 13.2 Å². The summed E-state index contributed by atoms with van der Waals surface area (Å²) in [6, 6.07) is 0. The fourth-order valence-corrected chi connectivity index (χ4v) is 4.11. The monoisotopic (exact) mass is 375 g/mol. The molecule has 1 amide bonds. The lowest BCUT2D eigenvalue weighted by atomic mass is 10.0. The maximum atomic E-state index is 12.4. The highest BCUT2D eigenvalue weighted by molar-refractivity contribution is 7.91. The molecule has 0 N–H and O–H groups in total. The van der Waals surface area contributed by atoms with Gasteiger partial charge in [0.25, 0.3) is 0 Å². The van der Waals surface area contributed by atoms with Gasteiger partial charge in [-0.05, 0) is 39.5 Å². The van der Waals surface area contributed by atoms with Gasteiger partial charge in [0.05, 0.1) is 23.2 Å². The number of carbonyl (C=O) groups excluding carboxylic acids is 1. The van der Waals surface area contributed by atoms with Crippen molar-refractivity contribution in [3.63, 3.8) is 0 Å². The Morgan fingerprint density at radius 3 is 2.58 bits per heavy atom. The molecule has 1 atom stereocenters. The third kappa shape index (κ3) is 5.31. The molecule has 1 saturated heterocycles. The van der Waals surface area contributed by atoms with E-state index in [1.54, 1.807) is 25.7 Å². The Hall–Kier alpha value is -1.41. The van der Waals surface area contributed by atoms with Gasteiger partial charge in [-0.3, -0.25) is 0 Å². The van der Waals surface area contributed by atoms with E-state index in [0.717, 1.165) is 12.8 Å². The highest BCUT2D eigenvalue weighted by atomic mass is 35.5. The van der Waals surface area contributed by atoms with E-state index in [0.29, 0.717) is 13.1 Å². The van der Waals surface area contributed by atoms with E-state index < -0.39 is 21.5 Å². The van der Waals surface area contributed by atoms with Crippen LogP contribution in [0.1, 0.15) is 33.6 Å². The van der Waals surface area contributed by atoms with Gasteiger partial charge in [-0.15, -0.1) is 0 Å². The summed E-state index contributed by atoms with van der Waals surface area (Å²) in [7, 11) is -3.62. The summed E-state index contributed by atoms with van der Waals surface area (Å²) >= 11 is 5.68. The minimum absolute atomic E-state index is 0.103. The summed E-state index contributed by atoms with van der Waals surface area (Å²) in [5.74, 6) is -0.274. The average Bonchev–Trinajstić information content (AvgIpc) is 2.45. The van der Waals surface area contributed by atoms with Crippen molar-refractivity contribution in [1.29, 1.82) is 0 Å². The fraction of sp³-hybridized carbons (Fsp3) is 0.667. The zero-order valence-corrected chi connectivity index (χ0v) is 15.6. The van der Waals surface area contributed by atoms with Crippen molar-refractivity contribution in [2.45, 2.75) is 44.4 Å². The largest absolute Gasteiger partial charge is 0.444 e. The lowest BCUT2D eigenvalue weighted by Crippen LogP contribution is -2.44. The second kappa shape index (κ2) is 7.23. The number of hydrogen-bond acceptors (Lipinski definition) is 6. The zero-order valence-electron chi connectivity index (χ0n) is 14.0. The van der Waals surface area contributed by atoms with E-state index in [4.69, 9.17) is 16.3 Å². The molecule has 1 aliphatic rings. The van der Waals surface area contributed by atoms with Crippen LogP contribution < -0.4 is 0 Å². The van der Waals surface area contributed by atoms with E-state index in [1.165, 1.54) is 12.4 Å². The number of likely N-dealkylation sites (tertiary alicyclic amines) is 1. The standard InChI is InChI=1S/C15H22ClN3O4S/c1-15(2,3)23-14(20)19-6-4-5-11(9-19)10-24(21,22)13-17-7-12(16)8-18-13/h7-8,11H,4-6,9-10H2,1-3H3/t11-/m1/s1. The van der Waals surface area contributed by atoms with Crippen LogP contribution in [0.25, 0.3) is 0 Å². The van der Waals surface area contributed by atoms with Gasteiger partial charge in [-0.25, -0.2) is 23.2 Å². The molecule has 0 unspecified atom stereocenters. The molecule has 0 aliphatic carbocycles. The number of hydrogen-bond donors (Lipinski definition) is 0. The van der Waals surface area contributed by atoms with Crippen LogP contribution in [-0.2, 0) is 14.6 Å². The minimum atomic E-state index is -3.62. The number of amides is 1. The molecule has 134 valence electrons. The fourth-order valence-electron chi connectivity index (χ4n) is 2.54. The molecule has 0 aromatic carbocycles. The van der Waals surface area contributed by atoms with Crippen LogP contribution in [0.2, 0.25) is 5.02 Å². The van der Waals surface area contributed by atoms with E-state index in [2.05, 4.69) is 9.97 Å². The Balaban J connectivity index is 2.02. The molecule has 0 bridgehead atoms. The predicted molar refractivity (Wildman–Crippen MR) is 89.6 cm³/mol. The van der Waals surface area contributed by atoms with Crippen molar-refractivity contribution >= 4 is 27.5 Å². The second-order valence-electron chi connectivity index (χ2n) is 6.90. The van der Waals surface area contributed by atoms with E-state index in [-0.39, 0.29) is 21.8 Å². The van der Waals surface area contributed by atoms with Gasteiger partial charge in [0, 0.05) is 13.1 Å². The van der Waals surface area contributed by atoms with Gasteiger partial charge in [-0.1, -0.05) is 11.6 Å². The number of rotatable bonds is 3. The van der Waals surface area contributed by atoms with Crippen LogP contribution in [0.3, 0.4) is 0 Å². The first-order valence-electron chi connectivity index (χ1n) is 7.75. The number of halogens is 1. The summed E-state index contributed by atoms with van der Waals surface area (Å²) in [5, 5.41) is 0.0454. The molecule has 1 aliphatic heterocycles. The average molecular weight is 376 g/mol. The summed E-state index contributed by atoms with van der Waals surface area (Å²) in [6.07, 6.45) is 3.57. The summed E-state index contributed by atoms with van der Waals surface area (Å²) < 4.78 is 30.2. The quantitative estimate of drug-likeness (QED) is 0.754. The van der Waals surface area contributed by atoms with E-state index in [1.807, 2.05) is 0 Å². The number of ether oxygens (including phenoxy) is 1. The Labute approximate surface area is 147 Å². The molecule has 24 heavy (non-hydrogen) atoms. The summed E-state index contributed by atoms with van der Waals surface area (Å²) in [4.78, 5) is 21.3. The lowest BCUT2D eigenvalue weighted by molar-refractivity contribution is 0.0176. The van der Waals surface area contributed by atoms with Crippen LogP contribution in [0.15, 0.2) is 17.6 Å². The molecule has 1 aromatic heterocycles. The molecule has 0 spiro atoms. The van der Waals surface area contributed by atoms with Crippen LogP contribution in [-0.4, -0.2) is 53.8 Å². The predicted octanol–water partition coefficient (Wildman–Crippen LogP) is 2.55. The van der Waals surface area contributed by atoms with Crippen LogP contribution in [0.5, 0.6) is 0 Å². The molecule has 1 fully saturated rings. The second-order valence-corrected chi connectivity index (χ2v) is 9.26. The molecular formula is C15H22ClN3O4S. The summed E-state index contributed by atoms with van der Waals surface area (Å²) in [5.41, 5.74) is -0.576. The van der Waals surface area contributed by atoms with Gasteiger partial charge in [-0.2, -0.15) is 0 Å². The number of piperidine rings is 1. The van der Waals surface area contributed by atoms with Crippen molar-refractivity contribution < 1.29 is 17.9 Å². The van der Waals surface area contributed by atoms with Crippen LogP contribution in [0.4, 0.5) is 4.79 Å². The Morgan fingerprint density at radius 2 is 2.00 bits per heavy atom. The number of carbonyl (C=O) groups is 1. The zero-order chi connectivity index (χ0) is 18.0. The normalized spacial score (nSPS) is 19.2. The maximum Gasteiger partial charge on any atom is 0.410 e. The first-order chi connectivity index (χ1) is 11.1. The number of aromatic nitrogens is 2. The SMILES string of the molecule is CC(C)(C)OC(=O)N1CCC[C@@H](CS(=O)(=O)c2ncc(Cl)cn2)C1. The third-order valence-corrected chi connectivity index (χ3v) is 5.37. The van der Waals surface area contributed by atoms with E-state index >= 15 is 0 Å². The van der Waals surface area contributed by atoms with Crippen molar-refractivity contribution in [2.75, 3.05) is 18.8 Å². The van der Waals surface area contributed by atoms with Crippen molar-refractivity contribution in [1.82, 2.24) is 14.9 Å². The number of nitrogens with zero attached hydrogens (tertiary/aromatic N) is 3. The molecule has 1 aromatic rings. The van der Waals surface area contributed by atoms with Crippen molar-refractivity contribution in [3.05, 3.63) is 17.4 Å². The van der Waals surface area contributed by atoms with Gasteiger partial charge in [0.15, 0.2) is 0 Å². The van der Waals surface area contributed by atoms with Gasteiger partial charge < -0.3 is 9.64 Å². The van der Waals surface area contributed by atoms with Crippen molar-refractivity contribution in [3.8, 4) is 0 Å². The molecule has 7 nitrogen and oxygen atoms in total. The molecule has 0 saturated carbocycles. The molecule has 2 rings (SSSR count). The lowest BCUT2D eigenvalue weighted by Gasteiger charge is -2.33. The molecular weight excluding hydrogens is 354 g/mol. The van der Waals surface area contributed by atoms with Gasteiger partial charge in [0.1, 0.15) is 5.60 Å². The first-order valence-corrected chi connectivity index (χ1v) is 9.78. The third-order valence-electron chi connectivity index (χ3n) is 3.50. The topological polar surface area (TPSA) is 89.5 Å². The minimum Gasteiger partial charge on any atom is -0.444 e. The Bertz CT molecular complexity index is 686. The highest BCUT2D eigenvalue weighted by Gasteiger charge is 2.31. The summed E-state index contributed by atoms with van der Waals surface area (Å²) in [6.45, 7) is 6.32.